The fraction of sp³-hybridized carbons (Fsp3) is 0.0714. The highest BCUT2D eigenvalue weighted by molar-refractivity contribution is 5.92. The molecule has 0 aliphatic rings. The van der Waals surface area contributed by atoms with Crippen molar-refractivity contribution in [3.63, 3.8) is 0 Å². The summed E-state index contributed by atoms with van der Waals surface area (Å²) >= 11 is 0. The van der Waals surface area contributed by atoms with Gasteiger partial charge in [0.1, 0.15) is 17.1 Å². The van der Waals surface area contributed by atoms with Gasteiger partial charge in [-0.2, -0.15) is 13.2 Å². The first-order valence-corrected chi connectivity index (χ1v) is 5.63. The van der Waals surface area contributed by atoms with Crippen LogP contribution in [0.2, 0.25) is 0 Å². The highest BCUT2D eigenvalue weighted by Gasteiger charge is 2.34. The van der Waals surface area contributed by atoms with Gasteiger partial charge in [-0.05, 0) is 35.4 Å². The number of aromatic carboxylic acids is 1. The molecule has 110 valence electrons. The molecule has 0 aliphatic carbocycles. The number of rotatable bonds is 2. The van der Waals surface area contributed by atoms with Crippen molar-refractivity contribution >= 4 is 5.97 Å². The molecule has 2 N–H and O–H groups in total. The van der Waals surface area contributed by atoms with E-state index >= 15 is 0 Å². The molecule has 0 heterocycles. The summed E-state index contributed by atoms with van der Waals surface area (Å²) in [5.74, 6) is -3.10. The number of phenols is 1. The molecule has 3 nitrogen and oxygen atoms in total. The highest BCUT2D eigenvalue weighted by atomic mass is 19.4. The number of halogens is 4. The summed E-state index contributed by atoms with van der Waals surface area (Å²) in [6.45, 7) is 0. The molecular formula is C14H8F4O3. The van der Waals surface area contributed by atoms with Crippen molar-refractivity contribution < 1.29 is 32.6 Å². The summed E-state index contributed by atoms with van der Waals surface area (Å²) in [6, 6.07) is 5.10. The molecule has 0 bridgehead atoms. The van der Waals surface area contributed by atoms with Crippen LogP contribution in [0.5, 0.6) is 5.75 Å². The molecule has 2 aromatic rings. The Morgan fingerprint density at radius 2 is 1.71 bits per heavy atom. The standard InChI is InChI=1S/C14H8F4O3/c15-8-2-3-9(11(6-8)14(16,17)18)7-1-4-12(19)10(5-7)13(20)21/h1-6,19H,(H,20,21). The maximum Gasteiger partial charge on any atom is 0.417 e. The molecule has 0 unspecified atom stereocenters. The van der Waals surface area contributed by atoms with E-state index in [1.807, 2.05) is 0 Å². The zero-order chi connectivity index (χ0) is 15.8. The Balaban J connectivity index is 2.68. The maximum atomic E-state index is 13.0. The van der Waals surface area contributed by atoms with Crippen molar-refractivity contribution in [1.29, 1.82) is 0 Å². The van der Waals surface area contributed by atoms with E-state index in [4.69, 9.17) is 5.11 Å². The lowest BCUT2D eigenvalue weighted by Crippen LogP contribution is -2.08. The molecule has 0 atom stereocenters. The normalized spacial score (nSPS) is 11.4. The number of carboxylic acids is 1. The van der Waals surface area contributed by atoms with Gasteiger partial charge in [0.25, 0.3) is 0 Å². The Labute approximate surface area is 116 Å². The van der Waals surface area contributed by atoms with Crippen LogP contribution in [-0.2, 0) is 6.18 Å². The first-order chi connectivity index (χ1) is 9.70. The van der Waals surface area contributed by atoms with Gasteiger partial charge in [0.2, 0.25) is 0 Å². The van der Waals surface area contributed by atoms with Gasteiger partial charge in [0.15, 0.2) is 0 Å². The molecule has 0 aliphatic heterocycles. The van der Waals surface area contributed by atoms with Crippen molar-refractivity contribution in [2.45, 2.75) is 6.18 Å². The van der Waals surface area contributed by atoms with Gasteiger partial charge in [-0.3, -0.25) is 0 Å². The summed E-state index contributed by atoms with van der Waals surface area (Å²) in [7, 11) is 0. The Bertz CT molecular complexity index is 708. The smallest absolute Gasteiger partial charge is 0.417 e. The number of hydrogen-bond donors (Lipinski definition) is 2. The fourth-order valence-corrected chi connectivity index (χ4v) is 1.88. The molecule has 21 heavy (non-hydrogen) atoms. The Kier molecular flexibility index (Phi) is 3.59. The van der Waals surface area contributed by atoms with Crippen molar-refractivity contribution in [3.05, 3.63) is 53.3 Å². The number of alkyl halides is 3. The Hall–Kier alpha value is -2.57. The van der Waals surface area contributed by atoms with Crippen LogP contribution in [0.4, 0.5) is 17.6 Å². The summed E-state index contributed by atoms with van der Waals surface area (Å²) in [5, 5.41) is 18.2. The first kappa shape index (κ1) is 14.8. The van der Waals surface area contributed by atoms with Crippen LogP contribution in [-0.4, -0.2) is 16.2 Å². The molecule has 0 saturated heterocycles. The van der Waals surface area contributed by atoms with Crippen LogP contribution in [0.1, 0.15) is 15.9 Å². The number of benzene rings is 2. The molecule has 0 spiro atoms. The molecule has 0 aromatic heterocycles. The van der Waals surface area contributed by atoms with Crippen molar-refractivity contribution in [1.82, 2.24) is 0 Å². The van der Waals surface area contributed by atoms with Gasteiger partial charge in [-0.1, -0.05) is 12.1 Å². The molecule has 0 amide bonds. The van der Waals surface area contributed by atoms with Crippen molar-refractivity contribution in [2.24, 2.45) is 0 Å². The predicted molar refractivity (Wildman–Crippen MR) is 65.5 cm³/mol. The van der Waals surface area contributed by atoms with E-state index in [2.05, 4.69) is 0 Å². The molecule has 7 heteroatoms. The average Bonchev–Trinajstić information content (AvgIpc) is 2.38. The molecule has 0 saturated carbocycles. The molecule has 0 fully saturated rings. The average molecular weight is 300 g/mol. The van der Waals surface area contributed by atoms with Gasteiger partial charge in [-0.25, -0.2) is 9.18 Å². The van der Waals surface area contributed by atoms with E-state index < -0.39 is 34.8 Å². The van der Waals surface area contributed by atoms with Crippen molar-refractivity contribution in [2.75, 3.05) is 0 Å². The summed E-state index contributed by atoms with van der Waals surface area (Å²) in [4.78, 5) is 10.9. The predicted octanol–water partition coefficient (Wildman–Crippen LogP) is 3.92. The lowest BCUT2D eigenvalue weighted by Gasteiger charge is -2.13. The van der Waals surface area contributed by atoms with Crippen LogP contribution >= 0.6 is 0 Å². The van der Waals surface area contributed by atoms with Gasteiger partial charge < -0.3 is 10.2 Å². The van der Waals surface area contributed by atoms with Gasteiger partial charge >= 0.3 is 12.1 Å². The lowest BCUT2D eigenvalue weighted by molar-refractivity contribution is -0.137. The fourth-order valence-electron chi connectivity index (χ4n) is 1.88. The minimum absolute atomic E-state index is 0.0856. The van der Waals surface area contributed by atoms with E-state index in [1.54, 1.807) is 0 Å². The third kappa shape index (κ3) is 2.96. The second kappa shape index (κ2) is 5.08. The first-order valence-electron chi connectivity index (χ1n) is 5.63. The molecular weight excluding hydrogens is 292 g/mol. The van der Waals surface area contributed by atoms with Crippen LogP contribution < -0.4 is 0 Å². The SMILES string of the molecule is O=C(O)c1cc(-c2ccc(F)cc2C(F)(F)F)ccc1O. The lowest BCUT2D eigenvalue weighted by atomic mass is 9.97. The van der Waals surface area contributed by atoms with E-state index in [1.165, 1.54) is 0 Å². The highest BCUT2D eigenvalue weighted by Crippen LogP contribution is 2.38. The van der Waals surface area contributed by atoms with Crippen molar-refractivity contribution in [3.8, 4) is 16.9 Å². The minimum atomic E-state index is -4.79. The largest absolute Gasteiger partial charge is 0.507 e. The van der Waals surface area contributed by atoms with Crippen LogP contribution in [0.25, 0.3) is 11.1 Å². The molecule has 2 rings (SSSR count). The van der Waals surface area contributed by atoms with Crippen LogP contribution in [0.15, 0.2) is 36.4 Å². The Morgan fingerprint density at radius 3 is 2.29 bits per heavy atom. The topological polar surface area (TPSA) is 57.5 Å². The van der Waals surface area contributed by atoms with E-state index in [0.29, 0.717) is 6.07 Å². The van der Waals surface area contributed by atoms with Gasteiger partial charge in [0, 0.05) is 0 Å². The third-order valence-electron chi connectivity index (χ3n) is 2.82. The second-order valence-electron chi connectivity index (χ2n) is 4.22. The minimum Gasteiger partial charge on any atom is -0.507 e. The molecule has 0 radical (unpaired) electrons. The van der Waals surface area contributed by atoms with Crippen LogP contribution in [0, 0.1) is 5.82 Å². The van der Waals surface area contributed by atoms with Gasteiger partial charge in [0.05, 0.1) is 5.56 Å². The number of aromatic hydroxyl groups is 1. The summed E-state index contributed by atoms with van der Waals surface area (Å²) in [5.41, 5.74) is -2.21. The van der Waals surface area contributed by atoms with Crippen LogP contribution in [0.3, 0.4) is 0 Å². The van der Waals surface area contributed by atoms with Gasteiger partial charge in [-0.15, -0.1) is 0 Å². The zero-order valence-corrected chi connectivity index (χ0v) is 10.3. The van der Waals surface area contributed by atoms with E-state index in [9.17, 15) is 27.5 Å². The van der Waals surface area contributed by atoms with E-state index in [-0.39, 0.29) is 11.1 Å². The third-order valence-corrected chi connectivity index (χ3v) is 2.82. The number of carboxylic acid groups (broad SMARTS) is 1. The summed E-state index contributed by atoms with van der Waals surface area (Å²) < 4.78 is 51.8. The van der Waals surface area contributed by atoms with E-state index in [0.717, 1.165) is 30.3 Å². The Morgan fingerprint density at radius 1 is 1.05 bits per heavy atom. The maximum absolute atomic E-state index is 13.0. The monoisotopic (exact) mass is 300 g/mol. The number of hydrogen-bond acceptors (Lipinski definition) is 2. The summed E-state index contributed by atoms with van der Waals surface area (Å²) in [6.07, 6.45) is -4.79. The number of carbonyl (C=O) groups is 1. The zero-order valence-electron chi connectivity index (χ0n) is 10.3. The second-order valence-corrected chi connectivity index (χ2v) is 4.22. The quantitative estimate of drug-likeness (QED) is 0.827. The molecule has 2 aromatic carbocycles.